The third kappa shape index (κ3) is 4.83. The summed E-state index contributed by atoms with van der Waals surface area (Å²) in [5, 5.41) is 1.96. The SMILES string of the molecule is COc1cc2cnc(Oc3ccc4c(C)ccnc4c3)nc2cc1OCCCN1CCCC1. The maximum absolute atomic E-state index is 6.05. The highest BCUT2D eigenvalue weighted by atomic mass is 16.5. The quantitative estimate of drug-likeness (QED) is 0.348. The van der Waals surface area contributed by atoms with Gasteiger partial charge >= 0.3 is 6.01 Å². The lowest BCUT2D eigenvalue weighted by Crippen LogP contribution is -2.21. The summed E-state index contributed by atoms with van der Waals surface area (Å²) in [6.07, 6.45) is 7.13. The van der Waals surface area contributed by atoms with Crippen molar-refractivity contribution in [2.45, 2.75) is 26.2 Å². The van der Waals surface area contributed by atoms with E-state index < -0.39 is 0 Å². The maximum atomic E-state index is 6.05. The van der Waals surface area contributed by atoms with Crippen molar-refractivity contribution in [1.29, 1.82) is 0 Å². The number of rotatable bonds is 8. The molecule has 1 fully saturated rings. The van der Waals surface area contributed by atoms with Gasteiger partial charge in [0, 0.05) is 41.8 Å². The summed E-state index contributed by atoms with van der Waals surface area (Å²) >= 11 is 0. The molecule has 0 amide bonds. The molecule has 0 saturated carbocycles. The predicted octanol–water partition coefficient (Wildman–Crippen LogP) is 5.15. The Balaban J connectivity index is 1.33. The number of aryl methyl sites for hydroxylation is 1. The molecule has 7 nitrogen and oxygen atoms in total. The van der Waals surface area contributed by atoms with E-state index in [2.05, 4.69) is 26.8 Å². The number of hydrogen-bond donors (Lipinski definition) is 0. The minimum Gasteiger partial charge on any atom is -0.493 e. The van der Waals surface area contributed by atoms with E-state index in [1.54, 1.807) is 19.5 Å². The standard InChI is InChI=1S/C26H28N4O3/c1-18-8-9-27-23-15-20(6-7-21(18)23)33-26-28-17-19-14-24(31-2)25(16-22(19)29-26)32-13-5-12-30-10-3-4-11-30/h6-9,14-17H,3-5,10-13H2,1-2H3. The van der Waals surface area contributed by atoms with Crippen LogP contribution in [0.3, 0.4) is 0 Å². The molecule has 0 aliphatic carbocycles. The molecule has 1 aliphatic heterocycles. The monoisotopic (exact) mass is 444 g/mol. The van der Waals surface area contributed by atoms with Crippen molar-refractivity contribution in [2.75, 3.05) is 33.4 Å². The maximum Gasteiger partial charge on any atom is 0.322 e. The molecule has 33 heavy (non-hydrogen) atoms. The first-order chi connectivity index (χ1) is 16.2. The lowest BCUT2D eigenvalue weighted by molar-refractivity contribution is 0.254. The Morgan fingerprint density at radius 3 is 2.70 bits per heavy atom. The molecule has 0 spiro atoms. The third-order valence-electron chi connectivity index (χ3n) is 6.06. The summed E-state index contributed by atoms with van der Waals surface area (Å²) in [6, 6.07) is 11.9. The molecule has 1 saturated heterocycles. The molecular weight excluding hydrogens is 416 g/mol. The predicted molar refractivity (Wildman–Crippen MR) is 128 cm³/mol. The van der Waals surface area contributed by atoms with Crippen molar-refractivity contribution in [1.82, 2.24) is 19.9 Å². The summed E-state index contributed by atoms with van der Waals surface area (Å²) < 4.78 is 17.5. The first kappa shape index (κ1) is 21.4. The second-order valence-electron chi connectivity index (χ2n) is 8.37. The Morgan fingerprint density at radius 2 is 1.85 bits per heavy atom. The molecule has 3 heterocycles. The number of nitrogens with zero attached hydrogens (tertiary/aromatic N) is 4. The van der Waals surface area contributed by atoms with E-state index in [9.17, 15) is 0 Å². The zero-order chi connectivity index (χ0) is 22.6. The smallest absolute Gasteiger partial charge is 0.322 e. The van der Waals surface area contributed by atoms with Crippen LogP contribution in [-0.4, -0.2) is 53.2 Å². The molecular formula is C26H28N4O3. The van der Waals surface area contributed by atoms with E-state index in [1.807, 2.05) is 36.4 Å². The van der Waals surface area contributed by atoms with Crippen LogP contribution >= 0.6 is 0 Å². The van der Waals surface area contributed by atoms with Gasteiger partial charge in [0.1, 0.15) is 5.75 Å². The Morgan fingerprint density at radius 1 is 0.970 bits per heavy atom. The number of ether oxygens (including phenoxy) is 3. The highest BCUT2D eigenvalue weighted by molar-refractivity contribution is 5.83. The molecule has 0 radical (unpaired) electrons. The average Bonchev–Trinajstić information content (AvgIpc) is 3.35. The van der Waals surface area contributed by atoms with Crippen LogP contribution < -0.4 is 14.2 Å². The van der Waals surface area contributed by atoms with Gasteiger partial charge in [-0.15, -0.1) is 0 Å². The molecule has 0 bridgehead atoms. The number of hydrogen-bond acceptors (Lipinski definition) is 7. The molecule has 4 aromatic rings. The fraction of sp³-hybridized carbons (Fsp3) is 0.346. The van der Waals surface area contributed by atoms with Crippen LogP contribution in [0.2, 0.25) is 0 Å². The van der Waals surface area contributed by atoms with E-state index in [0.29, 0.717) is 23.9 Å². The van der Waals surface area contributed by atoms with Crippen LogP contribution in [0.15, 0.2) is 48.8 Å². The number of likely N-dealkylation sites (tertiary alicyclic amines) is 1. The van der Waals surface area contributed by atoms with Gasteiger partial charge in [-0.2, -0.15) is 4.98 Å². The van der Waals surface area contributed by atoms with Crippen LogP contribution in [0.25, 0.3) is 21.8 Å². The van der Waals surface area contributed by atoms with Gasteiger partial charge in [0.25, 0.3) is 0 Å². The molecule has 0 atom stereocenters. The fourth-order valence-corrected chi connectivity index (χ4v) is 4.26. The van der Waals surface area contributed by atoms with E-state index in [4.69, 9.17) is 14.2 Å². The number of pyridine rings is 1. The number of methoxy groups -OCH3 is 1. The fourth-order valence-electron chi connectivity index (χ4n) is 4.26. The van der Waals surface area contributed by atoms with Crippen LogP contribution in [0.4, 0.5) is 0 Å². The third-order valence-corrected chi connectivity index (χ3v) is 6.06. The Hall–Kier alpha value is -3.45. The van der Waals surface area contributed by atoms with E-state index in [0.717, 1.165) is 34.8 Å². The van der Waals surface area contributed by atoms with Crippen LogP contribution in [0.5, 0.6) is 23.3 Å². The normalized spacial score (nSPS) is 14.1. The van der Waals surface area contributed by atoms with Gasteiger partial charge in [0.15, 0.2) is 11.5 Å². The van der Waals surface area contributed by atoms with Crippen molar-refractivity contribution < 1.29 is 14.2 Å². The molecule has 170 valence electrons. The lowest BCUT2D eigenvalue weighted by atomic mass is 10.1. The highest BCUT2D eigenvalue weighted by Crippen LogP contribution is 2.33. The summed E-state index contributed by atoms with van der Waals surface area (Å²) in [5.74, 6) is 2.00. The molecule has 2 aromatic heterocycles. The van der Waals surface area contributed by atoms with Crippen molar-refractivity contribution in [3.63, 3.8) is 0 Å². The Labute approximate surface area is 193 Å². The first-order valence-electron chi connectivity index (χ1n) is 11.4. The highest BCUT2D eigenvalue weighted by Gasteiger charge is 2.13. The zero-order valence-corrected chi connectivity index (χ0v) is 19.1. The largest absolute Gasteiger partial charge is 0.493 e. The lowest BCUT2D eigenvalue weighted by Gasteiger charge is -2.15. The summed E-state index contributed by atoms with van der Waals surface area (Å²) in [5.41, 5.74) is 2.79. The van der Waals surface area contributed by atoms with Gasteiger partial charge < -0.3 is 19.1 Å². The van der Waals surface area contributed by atoms with Crippen molar-refractivity contribution in [2.24, 2.45) is 0 Å². The minimum absolute atomic E-state index is 0.277. The van der Waals surface area contributed by atoms with Gasteiger partial charge in [-0.3, -0.25) is 4.98 Å². The summed E-state index contributed by atoms with van der Waals surface area (Å²) in [6.45, 7) is 6.17. The molecule has 5 rings (SSSR count). The van der Waals surface area contributed by atoms with Crippen molar-refractivity contribution in [3.05, 3.63) is 54.4 Å². The Kier molecular flexibility index (Phi) is 6.21. The van der Waals surface area contributed by atoms with Crippen molar-refractivity contribution in [3.8, 4) is 23.3 Å². The van der Waals surface area contributed by atoms with Crippen molar-refractivity contribution >= 4 is 21.8 Å². The van der Waals surface area contributed by atoms with Crippen LogP contribution in [-0.2, 0) is 0 Å². The van der Waals surface area contributed by atoms with Crippen LogP contribution in [0, 0.1) is 6.92 Å². The van der Waals surface area contributed by atoms with E-state index in [-0.39, 0.29) is 6.01 Å². The summed E-state index contributed by atoms with van der Waals surface area (Å²) in [7, 11) is 1.64. The van der Waals surface area contributed by atoms with Gasteiger partial charge in [0.2, 0.25) is 0 Å². The summed E-state index contributed by atoms with van der Waals surface area (Å²) in [4.78, 5) is 15.9. The van der Waals surface area contributed by atoms with Gasteiger partial charge in [-0.25, -0.2) is 4.98 Å². The second-order valence-corrected chi connectivity index (χ2v) is 8.37. The minimum atomic E-state index is 0.277. The molecule has 7 heteroatoms. The van der Waals surface area contributed by atoms with E-state index >= 15 is 0 Å². The first-order valence-corrected chi connectivity index (χ1v) is 11.4. The average molecular weight is 445 g/mol. The topological polar surface area (TPSA) is 69.6 Å². The molecule has 2 aromatic carbocycles. The number of fused-ring (bicyclic) bond motifs is 2. The number of benzene rings is 2. The second kappa shape index (κ2) is 9.58. The Bertz CT molecular complexity index is 1270. The van der Waals surface area contributed by atoms with Gasteiger partial charge in [0.05, 0.1) is 24.8 Å². The number of aromatic nitrogens is 3. The molecule has 0 N–H and O–H groups in total. The van der Waals surface area contributed by atoms with Gasteiger partial charge in [-0.05, 0) is 69.1 Å². The molecule has 0 unspecified atom stereocenters. The zero-order valence-electron chi connectivity index (χ0n) is 19.1. The van der Waals surface area contributed by atoms with Gasteiger partial charge in [-0.1, -0.05) is 0 Å². The van der Waals surface area contributed by atoms with Crippen LogP contribution in [0.1, 0.15) is 24.8 Å². The molecule has 1 aliphatic rings. The van der Waals surface area contributed by atoms with E-state index in [1.165, 1.54) is 31.5 Å².